The fraction of sp³-hybridized carbons (Fsp3) is 0.0370. The molecule has 1 aliphatic heterocycles. The minimum Gasteiger partial charge on any atom is -0.488 e. The summed E-state index contributed by atoms with van der Waals surface area (Å²) in [5.74, 6) is -0.00591. The van der Waals surface area contributed by atoms with Crippen molar-refractivity contribution in [3.8, 4) is 5.75 Å². The molecule has 1 saturated heterocycles. The van der Waals surface area contributed by atoms with Crippen LogP contribution in [0.3, 0.4) is 0 Å². The zero-order valence-corrected chi connectivity index (χ0v) is 19.4. The third-order valence-corrected chi connectivity index (χ3v) is 6.42. The standard InChI is InChI=1S/C27H18ClFN2O2S/c28-19-10-12-20(13-11-19)30-27-31-26(32)25(34-27)15-22-21-7-3-1-5-17(21)9-14-24(22)33-16-18-6-2-4-8-23(18)29/h1-15H,16H2,(H,30,31,32)/b25-15-. The van der Waals surface area contributed by atoms with Crippen LogP contribution in [-0.2, 0) is 11.4 Å². The highest BCUT2D eigenvalue weighted by Gasteiger charge is 2.25. The van der Waals surface area contributed by atoms with Gasteiger partial charge in [0.25, 0.3) is 5.91 Å². The molecule has 7 heteroatoms. The summed E-state index contributed by atoms with van der Waals surface area (Å²) in [4.78, 5) is 17.7. The highest BCUT2D eigenvalue weighted by atomic mass is 35.5. The van der Waals surface area contributed by atoms with Crippen LogP contribution in [0.25, 0.3) is 16.8 Å². The smallest absolute Gasteiger partial charge is 0.264 e. The maximum atomic E-state index is 14.1. The van der Waals surface area contributed by atoms with Crippen LogP contribution in [0.15, 0.2) is 94.8 Å². The van der Waals surface area contributed by atoms with Crippen molar-refractivity contribution in [2.24, 2.45) is 4.99 Å². The molecule has 0 aliphatic carbocycles. The Morgan fingerprint density at radius 2 is 1.74 bits per heavy atom. The van der Waals surface area contributed by atoms with Gasteiger partial charge in [0.2, 0.25) is 0 Å². The lowest BCUT2D eigenvalue weighted by molar-refractivity contribution is -0.115. The third-order valence-electron chi connectivity index (χ3n) is 5.26. The fourth-order valence-corrected chi connectivity index (χ4v) is 4.52. The first kappa shape index (κ1) is 22.2. The summed E-state index contributed by atoms with van der Waals surface area (Å²) in [5.41, 5.74) is 1.90. The lowest BCUT2D eigenvalue weighted by atomic mass is 10.0. The molecular weight excluding hydrogens is 471 g/mol. The van der Waals surface area contributed by atoms with Crippen LogP contribution in [0.1, 0.15) is 11.1 Å². The number of thioether (sulfide) groups is 1. The summed E-state index contributed by atoms with van der Waals surface area (Å²) < 4.78 is 20.1. The number of fused-ring (bicyclic) bond motifs is 1. The highest BCUT2D eigenvalue weighted by Crippen LogP contribution is 2.35. The quantitative estimate of drug-likeness (QED) is 0.305. The molecule has 5 rings (SSSR count). The van der Waals surface area contributed by atoms with Crippen LogP contribution in [0, 0.1) is 5.82 Å². The van der Waals surface area contributed by atoms with E-state index in [2.05, 4.69) is 10.3 Å². The molecule has 34 heavy (non-hydrogen) atoms. The van der Waals surface area contributed by atoms with E-state index in [4.69, 9.17) is 16.3 Å². The van der Waals surface area contributed by atoms with Gasteiger partial charge in [0.15, 0.2) is 5.17 Å². The summed E-state index contributed by atoms with van der Waals surface area (Å²) >= 11 is 7.18. The number of amides is 1. The lowest BCUT2D eigenvalue weighted by Crippen LogP contribution is -2.19. The van der Waals surface area contributed by atoms with Gasteiger partial charge < -0.3 is 10.1 Å². The first-order valence-electron chi connectivity index (χ1n) is 10.5. The van der Waals surface area contributed by atoms with Crippen LogP contribution >= 0.6 is 23.4 Å². The Kier molecular flexibility index (Phi) is 6.34. The Morgan fingerprint density at radius 3 is 2.56 bits per heavy atom. The first-order chi connectivity index (χ1) is 16.6. The SMILES string of the molecule is O=C1NC(=Nc2ccc(Cl)cc2)S/C1=C\c1c(OCc2ccccc2F)ccc2ccccc12. The molecule has 1 amide bonds. The Bertz CT molecular complexity index is 1450. The molecule has 0 unspecified atom stereocenters. The minimum atomic E-state index is -0.322. The number of halogens is 2. The van der Waals surface area contributed by atoms with Crippen molar-refractivity contribution in [3.63, 3.8) is 0 Å². The summed E-state index contributed by atoms with van der Waals surface area (Å²) in [6, 6.07) is 25.2. The third kappa shape index (κ3) is 4.83. The number of carbonyl (C=O) groups excluding carboxylic acids is 1. The number of ether oxygens (including phenoxy) is 1. The van der Waals surface area contributed by atoms with Gasteiger partial charge in [-0.05, 0) is 65.0 Å². The van der Waals surface area contributed by atoms with E-state index in [-0.39, 0.29) is 18.3 Å². The number of benzene rings is 4. The van der Waals surface area contributed by atoms with E-state index >= 15 is 0 Å². The number of amidine groups is 1. The molecular formula is C27H18ClFN2O2S. The molecule has 0 spiro atoms. The molecule has 0 bridgehead atoms. The number of carbonyl (C=O) groups is 1. The Balaban J connectivity index is 1.49. The first-order valence-corrected chi connectivity index (χ1v) is 11.7. The van der Waals surface area contributed by atoms with E-state index in [1.807, 2.05) is 36.4 Å². The van der Waals surface area contributed by atoms with Crippen molar-refractivity contribution in [2.45, 2.75) is 6.61 Å². The van der Waals surface area contributed by atoms with Gasteiger partial charge in [-0.2, -0.15) is 0 Å². The van der Waals surface area contributed by atoms with Crippen LogP contribution in [-0.4, -0.2) is 11.1 Å². The predicted molar refractivity (Wildman–Crippen MR) is 137 cm³/mol. The van der Waals surface area contributed by atoms with Gasteiger partial charge in [0, 0.05) is 16.1 Å². The van der Waals surface area contributed by atoms with E-state index < -0.39 is 0 Å². The topological polar surface area (TPSA) is 50.7 Å². The molecule has 0 radical (unpaired) electrons. The van der Waals surface area contributed by atoms with E-state index in [0.29, 0.717) is 32.1 Å². The molecule has 1 heterocycles. The largest absolute Gasteiger partial charge is 0.488 e. The lowest BCUT2D eigenvalue weighted by Gasteiger charge is -2.13. The van der Waals surface area contributed by atoms with Gasteiger partial charge >= 0.3 is 0 Å². The molecule has 4 aromatic rings. The van der Waals surface area contributed by atoms with Gasteiger partial charge in [-0.1, -0.05) is 60.1 Å². The number of nitrogens with one attached hydrogen (secondary N) is 1. The van der Waals surface area contributed by atoms with Crippen molar-refractivity contribution in [3.05, 3.63) is 112 Å². The Hall–Kier alpha value is -3.61. The van der Waals surface area contributed by atoms with Crippen molar-refractivity contribution in [1.82, 2.24) is 5.32 Å². The molecule has 1 N–H and O–H groups in total. The maximum absolute atomic E-state index is 14.1. The summed E-state index contributed by atoms with van der Waals surface area (Å²) in [5, 5.41) is 5.83. The van der Waals surface area contributed by atoms with E-state index in [9.17, 15) is 9.18 Å². The summed E-state index contributed by atoms with van der Waals surface area (Å²) in [6.07, 6.45) is 1.80. The van der Waals surface area contributed by atoms with Crippen molar-refractivity contribution >= 4 is 57.0 Å². The second-order valence-corrected chi connectivity index (χ2v) is 9.00. The average Bonchev–Trinajstić information content (AvgIpc) is 3.19. The van der Waals surface area contributed by atoms with Crippen LogP contribution in [0.4, 0.5) is 10.1 Å². The number of nitrogens with zero attached hydrogens (tertiary/aromatic N) is 1. The second-order valence-electron chi connectivity index (χ2n) is 7.54. The van der Waals surface area contributed by atoms with Gasteiger partial charge in [0.05, 0.1) is 10.6 Å². The van der Waals surface area contributed by atoms with Gasteiger partial charge in [-0.3, -0.25) is 4.79 Å². The Morgan fingerprint density at radius 1 is 0.971 bits per heavy atom. The predicted octanol–water partition coefficient (Wildman–Crippen LogP) is 7.10. The van der Waals surface area contributed by atoms with Crippen molar-refractivity contribution in [1.29, 1.82) is 0 Å². The van der Waals surface area contributed by atoms with Gasteiger partial charge in [0.1, 0.15) is 18.2 Å². The highest BCUT2D eigenvalue weighted by molar-refractivity contribution is 8.18. The number of rotatable bonds is 5. The van der Waals surface area contributed by atoms with Gasteiger partial charge in [-0.15, -0.1) is 0 Å². The summed E-state index contributed by atoms with van der Waals surface area (Å²) in [6.45, 7) is 0.0732. The summed E-state index contributed by atoms with van der Waals surface area (Å²) in [7, 11) is 0. The van der Waals surface area contributed by atoms with E-state index in [1.54, 1.807) is 48.5 Å². The molecule has 1 aliphatic rings. The number of aliphatic imine (C=N–C) groups is 1. The molecule has 168 valence electrons. The molecule has 4 nitrogen and oxygen atoms in total. The monoisotopic (exact) mass is 488 g/mol. The maximum Gasteiger partial charge on any atom is 0.264 e. The number of hydrogen-bond donors (Lipinski definition) is 1. The molecule has 0 aromatic heterocycles. The van der Waals surface area contributed by atoms with E-state index in [0.717, 1.165) is 16.3 Å². The van der Waals surface area contributed by atoms with Crippen LogP contribution in [0.2, 0.25) is 5.02 Å². The number of hydrogen-bond acceptors (Lipinski definition) is 4. The molecule has 1 fully saturated rings. The van der Waals surface area contributed by atoms with Crippen LogP contribution in [0.5, 0.6) is 5.75 Å². The molecule has 0 atom stereocenters. The molecule has 0 saturated carbocycles. The van der Waals surface area contributed by atoms with E-state index in [1.165, 1.54) is 17.8 Å². The second kappa shape index (κ2) is 9.71. The van der Waals surface area contributed by atoms with Crippen LogP contribution < -0.4 is 10.1 Å². The zero-order valence-electron chi connectivity index (χ0n) is 17.8. The normalized spacial score (nSPS) is 15.8. The van der Waals surface area contributed by atoms with Crippen molar-refractivity contribution in [2.75, 3.05) is 0 Å². The fourth-order valence-electron chi connectivity index (χ4n) is 3.57. The Labute approximate surface area is 205 Å². The van der Waals surface area contributed by atoms with Crippen molar-refractivity contribution < 1.29 is 13.9 Å². The average molecular weight is 489 g/mol. The van der Waals surface area contributed by atoms with Gasteiger partial charge in [-0.25, -0.2) is 9.38 Å². The minimum absolute atomic E-state index is 0.0732. The molecule has 4 aromatic carbocycles. The zero-order chi connectivity index (χ0) is 23.5.